The molecule has 0 bridgehead atoms. The normalized spacial score (nSPS) is 12.3. The Morgan fingerprint density at radius 1 is 0.806 bits per heavy atom. The lowest BCUT2D eigenvalue weighted by Crippen LogP contribution is -2.12. The first-order chi connectivity index (χ1) is 15.1. The van der Waals surface area contributed by atoms with Crippen LogP contribution in [-0.2, 0) is 12.8 Å². The maximum atomic E-state index is 14.7. The highest BCUT2D eigenvalue weighted by atomic mass is 19.2. The molecule has 0 spiro atoms. The third kappa shape index (κ3) is 8.64. The predicted molar refractivity (Wildman–Crippen MR) is 123 cm³/mol. The Bertz CT molecular complexity index is 765. The number of aliphatic hydroxyl groups is 1. The van der Waals surface area contributed by atoms with Crippen molar-refractivity contribution in [3.8, 4) is 11.4 Å². The zero-order valence-corrected chi connectivity index (χ0v) is 19.2. The van der Waals surface area contributed by atoms with E-state index in [1.807, 2.05) is 0 Å². The molecule has 0 saturated heterocycles. The molecule has 2 aromatic rings. The monoisotopic (exact) mass is 432 g/mol. The van der Waals surface area contributed by atoms with E-state index in [4.69, 9.17) is 0 Å². The Morgan fingerprint density at radius 2 is 1.42 bits per heavy atom. The number of aliphatic hydroxyl groups excluding tert-OH is 1. The van der Waals surface area contributed by atoms with Gasteiger partial charge in [0, 0.05) is 18.8 Å². The fraction of sp³-hybridized carbons (Fsp3) is 0.615. The molecule has 0 aliphatic heterocycles. The summed E-state index contributed by atoms with van der Waals surface area (Å²) in [4.78, 5) is 8.52. The first-order valence-electron chi connectivity index (χ1n) is 12.0. The molecule has 1 atom stereocenters. The molecule has 2 rings (SSSR count). The van der Waals surface area contributed by atoms with Crippen molar-refractivity contribution in [3.05, 3.63) is 47.3 Å². The molecule has 0 aliphatic carbocycles. The summed E-state index contributed by atoms with van der Waals surface area (Å²) in [6.45, 7) is 4.34. The topological polar surface area (TPSA) is 46.0 Å². The fourth-order valence-corrected chi connectivity index (χ4v) is 3.81. The standard InChI is InChI=1S/C26H38F2N2O/c1-3-5-7-9-10-11-13-20-18-29-26(30-19-20)23-16-15-21(24(27)25(23)28)17-22(31)14-12-8-6-4-2/h15-16,18-19,22,31H,3-14,17H2,1-2H3. The second-order valence-electron chi connectivity index (χ2n) is 8.54. The van der Waals surface area contributed by atoms with E-state index in [0.717, 1.165) is 44.1 Å². The molecular formula is C26H38F2N2O. The van der Waals surface area contributed by atoms with E-state index < -0.39 is 17.7 Å². The second kappa shape index (κ2) is 14.2. The Balaban J connectivity index is 1.92. The fourth-order valence-electron chi connectivity index (χ4n) is 3.81. The van der Waals surface area contributed by atoms with Crippen molar-refractivity contribution in [2.24, 2.45) is 0 Å². The van der Waals surface area contributed by atoms with Crippen molar-refractivity contribution < 1.29 is 13.9 Å². The lowest BCUT2D eigenvalue weighted by atomic mass is 10.00. The number of rotatable bonds is 15. The summed E-state index contributed by atoms with van der Waals surface area (Å²) >= 11 is 0. The van der Waals surface area contributed by atoms with E-state index in [1.165, 1.54) is 44.2 Å². The minimum Gasteiger partial charge on any atom is -0.393 e. The Morgan fingerprint density at radius 3 is 2.10 bits per heavy atom. The molecule has 1 aromatic carbocycles. The molecule has 0 amide bonds. The number of benzene rings is 1. The van der Waals surface area contributed by atoms with Crippen molar-refractivity contribution in [1.82, 2.24) is 9.97 Å². The van der Waals surface area contributed by atoms with Gasteiger partial charge in [-0.1, -0.05) is 77.7 Å². The van der Waals surface area contributed by atoms with E-state index in [2.05, 4.69) is 23.8 Å². The van der Waals surface area contributed by atoms with Crippen LogP contribution in [0.5, 0.6) is 0 Å². The predicted octanol–water partition coefficient (Wildman–Crippen LogP) is 7.20. The molecule has 0 radical (unpaired) electrons. The molecule has 1 N–H and O–H groups in total. The van der Waals surface area contributed by atoms with Gasteiger partial charge in [0.05, 0.1) is 11.7 Å². The average molecular weight is 433 g/mol. The summed E-state index contributed by atoms with van der Waals surface area (Å²) < 4.78 is 29.2. The van der Waals surface area contributed by atoms with Crippen LogP contribution in [0.4, 0.5) is 8.78 Å². The Labute approximate surface area is 186 Å². The van der Waals surface area contributed by atoms with Crippen LogP contribution in [0.3, 0.4) is 0 Å². The molecule has 0 aliphatic rings. The van der Waals surface area contributed by atoms with E-state index in [0.29, 0.717) is 6.42 Å². The van der Waals surface area contributed by atoms with Crippen molar-refractivity contribution in [1.29, 1.82) is 0 Å². The SMILES string of the molecule is CCCCCCCCc1cnc(-c2ccc(CC(O)CCCCCC)c(F)c2F)nc1. The molecule has 172 valence electrons. The second-order valence-corrected chi connectivity index (χ2v) is 8.54. The van der Waals surface area contributed by atoms with Gasteiger partial charge in [0.15, 0.2) is 17.5 Å². The van der Waals surface area contributed by atoms with Gasteiger partial charge in [-0.3, -0.25) is 0 Å². The van der Waals surface area contributed by atoms with Crippen molar-refractivity contribution in [3.63, 3.8) is 0 Å². The largest absolute Gasteiger partial charge is 0.393 e. The molecule has 1 aromatic heterocycles. The highest BCUT2D eigenvalue weighted by Gasteiger charge is 2.18. The first-order valence-corrected chi connectivity index (χ1v) is 12.0. The summed E-state index contributed by atoms with van der Waals surface area (Å²) in [6, 6.07) is 3.05. The van der Waals surface area contributed by atoms with Gasteiger partial charge in [-0.15, -0.1) is 0 Å². The number of nitrogens with zero attached hydrogens (tertiary/aromatic N) is 2. The van der Waals surface area contributed by atoms with Crippen LogP contribution in [0.2, 0.25) is 0 Å². The number of aryl methyl sites for hydroxylation is 1. The maximum absolute atomic E-state index is 14.7. The van der Waals surface area contributed by atoms with Gasteiger partial charge < -0.3 is 5.11 Å². The van der Waals surface area contributed by atoms with E-state index in [9.17, 15) is 13.9 Å². The molecule has 31 heavy (non-hydrogen) atoms. The van der Waals surface area contributed by atoms with E-state index in [1.54, 1.807) is 12.4 Å². The van der Waals surface area contributed by atoms with Crippen LogP contribution in [0, 0.1) is 11.6 Å². The minimum absolute atomic E-state index is 0.0600. The summed E-state index contributed by atoms with van der Waals surface area (Å²) in [6.07, 6.45) is 15.9. The average Bonchev–Trinajstić information content (AvgIpc) is 2.78. The van der Waals surface area contributed by atoms with Gasteiger partial charge in [-0.2, -0.15) is 0 Å². The minimum atomic E-state index is -0.945. The van der Waals surface area contributed by atoms with Crippen molar-refractivity contribution in [2.45, 2.75) is 103 Å². The van der Waals surface area contributed by atoms with Crippen LogP contribution < -0.4 is 0 Å². The zero-order valence-electron chi connectivity index (χ0n) is 19.2. The van der Waals surface area contributed by atoms with Gasteiger partial charge in [0.1, 0.15) is 0 Å². The summed E-state index contributed by atoms with van der Waals surface area (Å²) in [7, 11) is 0. The molecule has 0 fully saturated rings. The van der Waals surface area contributed by atoms with Gasteiger partial charge >= 0.3 is 0 Å². The molecule has 3 nitrogen and oxygen atoms in total. The maximum Gasteiger partial charge on any atom is 0.170 e. The Kier molecular flexibility index (Phi) is 11.7. The highest BCUT2D eigenvalue weighted by molar-refractivity contribution is 5.56. The quantitative estimate of drug-likeness (QED) is 0.303. The van der Waals surface area contributed by atoms with Gasteiger partial charge in [-0.05, 0) is 36.5 Å². The van der Waals surface area contributed by atoms with Gasteiger partial charge in [-0.25, -0.2) is 18.7 Å². The van der Waals surface area contributed by atoms with Crippen LogP contribution in [0.15, 0.2) is 24.5 Å². The highest BCUT2D eigenvalue weighted by Crippen LogP contribution is 2.25. The lowest BCUT2D eigenvalue weighted by molar-refractivity contribution is 0.159. The molecular weight excluding hydrogens is 394 g/mol. The van der Waals surface area contributed by atoms with Crippen molar-refractivity contribution in [2.75, 3.05) is 0 Å². The number of hydrogen-bond acceptors (Lipinski definition) is 3. The van der Waals surface area contributed by atoms with E-state index in [-0.39, 0.29) is 23.4 Å². The lowest BCUT2D eigenvalue weighted by Gasteiger charge is -2.13. The Hall–Kier alpha value is -1.88. The van der Waals surface area contributed by atoms with Gasteiger partial charge in [0.2, 0.25) is 0 Å². The van der Waals surface area contributed by atoms with Crippen LogP contribution in [-0.4, -0.2) is 21.2 Å². The molecule has 1 unspecified atom stereocenters. The third-order valence-corrected chi connectivity index (χ3v) is 5.77. The van der Waals surface area contributed by atoms with Crippen molar-refractivity contribution >= 4 is 0 Å². The van der Waals surface area contributed by atoms with E-state index >= 15 is 0 Å². The third-order valence-electron chi connectivity index (χ3n) is 5.77. The molecule has 0 saturated carbocycles. The molecule has 5 heteroatoms. The van der Waals surface area contributed by atoms with Crippen LogP contribution >= 0.6 is 0 Å². The molecule has 1 heterocycles. The van der Waals surface area contributed by atoms with Crippen LogP contribution in [0.25, 0.3) is 11.4 Å². The summed E-state index contributed by atoms with van der Waals surface area (Å²) in [5.41, 5.74) is 1.27. The summed E-state index contributed by atoms with van der Waals surface area (Å²) in [5.74, 6) is -1.67. The smallest absolute Gasteiger partial charge is 0.170 e. The number of hydrogen-bond donors (Lipinski definition) is 1. The van der Waals surface area contributed by atoms with Gasteiger partial charge in [0.25, 0.3) is 0 Å². The van der Waals surface area contributed by atoms with Crippen LogP contribution in [0.1, 0.15) is 95.6 Å². The number of halogens is 2. The zero-order chi connectivity index (χ0) is 22.5. The number of unbranched alkanes of at least 4 members (excludes halogenated alkanes) is 8. The summed E-state index contributed by atoms with van der Waals surface area (Å²) in [5, 5.41) is 10.2. The first kappa shape index (κ1) is 25.4. The number of aromatic nitrogens is 2.